The van der Waals surface area contributed by atoms with Crippen molar-refractivity contribution < 1.29 is 9.59 Å². The summed E-state index contributed by atoms with van der Waals surface area (Å²) in [4.78, 5) is 30.0. The Morgan fingerprint density at radius 2 is 1.95 bits per heavy atom. The van der Waals surface area contributed by atoms with E-state index < -0.39 is 5.54 Å². The summed E-state index contributed by atoms with van der Waals surface area (Å²) in [7, 11) is 0. The maximum absolute atomic E-state index is 12.0. The number of carbonyl (C=O) groups excluding carboxylic acids is 2. The molecular weight excluding hydrogens is 280 g/mol. The molecule has 3 saturated heterocycles. The van der Waals surface area contributed by atoms with Crippen LogP contribution in [0.5, 0.6) is 0 Å². The van der Waals surface area contributed by atoms with Gasteiger partial charge in [-0.2, -0.15) is 0 Å². The van der Waals surface area contributed by atoms with Gasteiger partial charge in [0.05, 0.1) is 0 Å². The van der Waals surface area contributed by atoms with E-state index in [1.807, 2.05) is 4.90 Å². The summed E-state index contributed by atoms with van der Waals surface area (Å²) in [5, 5.41) is 0. The predicted molar refractivity (Wildman–Crippen MR) is 83.9 cm³/mol. The van der Waals surface area contributed by atoms with Crippen molar-refractivity contribution in [1.29, 1.82) is 0 Å². The summed E-state index contributed by atoms with van der Waals surface area (Å²) >= 11 is 0. The molecule has 0 unspecified atom stereocenters. The van der Waals surface area contributed by atoms with Crippen molar-refractivity contribution in [2.24, 2.45) is 5.73 Å². The molecule has 2 atom stereocenters. The minimum atomic E-state index is -0.426. The van der Waals surface area contributed by atoms with Gasteiger partial charge in [0.25, 0.3) is 0 Å². The third-order valence-corrected chi connectivity index (χ3v) is 5.74. The second kappa shape index (κ2) is 6.16. The second-order valence-electron chi connectivity index (χ2n) is 6.86. The van der Waals surface area contributed by atoms with E-state index in [1.54, 1.807) is 6.92 Å². The van der Waals surface area contributed by atoms with Gasteiger partial charge in [-0.15, -0.1) is 0 Å². The molecule has 2 amide bonds. The van der Waals surface area contributed by atoms with Crippen molar-refractivity contribution in [3.8, 4) is 0 Å². The van der Waals surface area contributed by atoms with Crippen LogP contribution < -0.4 is 5.73 Å². The van der Waals surface area contributed by atoms with Crippen molar-refractivity contribution in [2.75, 3.05) is 39.3 Å². The largest absolute Gasteiger partial charge is 0.368 e. The zero-order chi connectivity index (χ0) is 15.7. The van der Waals surface area contributed by atoms with E-state index in [1.165, 1.54) is 0 Å². The average Bonchev–Trinajstić information content (AvgIpc) is 2.71. The van der Waals surface area contributed by atoms with Crippen LogP contribution in [0.15, 0.2) is 0 Å². The Balaban J connectivity index is 1.55. The fourth-order valence-corrected chi connectivity index (χ4v) is 4.33. The van der Waals surface area contributed by atoms with Gasteiger partial charge >= 0.3 is 0 Å². The van der Waals surface area contributed by atoms with E-state index in [0.717, 1.165) is 65.0 Å². The Morgan fingerprint density at radius 3 is 2.59 bits per heavy atom. The number of amides is 2. The molecular formula is C16H27N4O2. The number of piperazine rings is 1. The molecule has 2 bridgehead atoms. The lowest BCUT2D eigenvalue weighted by molar-refractivity contribution is -0.132. The number of piperidine rings is 1. The predicted octanol–water partition coefficient (Wildman–Crippen LogP) is -0.163. The number of carbonyl (C=O) groups is 2. The van der Waals surface area contributed by atoms with Crippen LogP contribution >= 0.6 is 0 Å². The number of hydrogen-bond donors (Lipinski definition) is 1. The summed E-state index contributed by atoms with van der Waals surface area (Å²) in [6.45, 7) is 6.97. The van der Waals surface area contributed by atoms with Crippen molar-refractivity contribution >= 4 is 11.8 Å². The van der Waals surface area contributed by atoms with Crippen LogP contribution in [0.4, 0.5) is 0 Å². The van der Waals surface area contributed by atoms with Gasteiger partial charge < -0.3 is 10.6 Å². The number of nitrogens with zero attached hydrogens (tertiary/aromatic N) is 3. The van der Waals surface area contributed by atoms with Gasteiger partial charge in [0, 0.05) is 52.2 Å². The standard InChI is InChI=1S/C16H27N4O2/c1-13(21)19-10-7-18(8-11-19)9-12-20-14-3-2-5-16(20,6-4-14)15(17)22/h2,14H,3-12H2,1H3,(H2,17,22)/t14-,16-/m1/s1. The minimum Gasteiger partial charge on any atom is -0.368 e. The molecule has 6 heteroatoms. The van der Waals surface area contributed by atoms with E-state index in [4.69, 9.17) is 5.73 Å². The van der Waals surface area contributed by atoms with Crippen LogP contribution in [-0.4, -0.2) is 77.4 Å². The highest BCUT2D eigenvalue weighted by molar-refractivity contribution is 5.85. The molecule has 0 aliphatic carbocycles. The summed E-state index contributed by atoms with van der Waals surface area (Å²) in [5.74, 6) is 0.00397. The number of primary amides is 1. The first kappa shape index (κ1) is 15.7. The van der Waals surface area contributed by atoms with Gasteiger partial charge in [-0.25, -0.2) is 0 Å². The average molecular weight is 307 g/mol. The van der Waals surface area contributed by atoms with Crippen LogP contribution in [0.3, 0.4) is 0 Å². The fraction of sp³-hybridized carbons (Fsp3) is 0.812. The third kappa shape index (κ3) is 2.74. The Hall–Kier alpha value is -1.14. The molecule has 2 N–H and O–H groups in total. The van der Waals surface area contributed by atoms with Gasteiger partial charge in [0.15, 0.2) is 0 Å². The van der Waals surface area contributed by atoms with Gasteiger partial charge in [-0.1, -0.05) is 0 Å². The molecule has 0 aromatic heterocycles. The first-order chi connectivity index (χ1) is 10.5. The molecule has 0 saturated carbocycles. The topological polar surface area (TPSA) is 69.9 Å². The molecule has 1 radical (unpaired) electrons. The maximum Gasteiger partial charge on any atom is 0.237 e. The number of nitrogens with two attached hydrogens (primary N) is 1. The number of fused-ring (bicyclic) bond motifs is 2. The molecule has 0 aromatic rings. The molecule has 3 aliphatic rings. The van der Waals surface area contributed by atoms with E-state index in [2.05, 4.69) is 16.2 Å². The summed E-state index contributed by atoms with van der Waals surface area (Å²) < 4.78 is 0. The van der Waals surface area contributed by atoms with Crippen LogP contribution in [0.1, 0.15) is 32.6 Å². The highest BCUT2D eigenvalue weighted by Gasteiger charge is 2.52. The second-order valence-corrected chi connectivity index (χ2v) is 6.86. The van der Waals surface area contributed by atoms with Crippen LogP contribution in [0, 0.1) is 6.42 Å². The highest BCUT2D eigenvalue weighted by atomic mass is 16.2. The molecule has 123 valence electrons. The Morgan fingerprint density at radius 1 is 1.23 bits per heavy atom. The summed E-state index contributed by atoms with van der Waals surface area (Å²) in [6.07, 6.45) is 6.10. The molecule has 3 aliphatic heterocycles. The third-order valence-electron chi connectivity index (χ3n) is 5.74. The monoisotopic (exact) mass is 307 g/mol. The Labute approximate surface area is 132 Å². The van der Waals surface area contributed by atoms with E-state index >= 15 is 0 Å². The van der Waals surface area contributed by atoms with Crippen LogP contribution in [-0.2, 0) is 9.59 Å². The first-order valence-corrected chi connectivity index (χ1v) is 8.39. The molecule has 3 fully saturated rings. The van der Waals surface area contributed by atoms with Crippen molar-refractivity contribution in [2.45, 2.75) is 44.2 Å². The van der Waals surface area contributed by atoms with Crippen molar-refractivity contribution in [1.82, 2.24) is 14.7 Å². The Kier molecular flexibility index (Phi) is 4.41. The van der Waals surface area contributed by atoms with Crippen LogP contribution in [0.25, 0.3) is 0 Å². The van der Waals surface area contributed by atoms with Crippen molar-refractivity contribution in [3.05, 3.63) is 6.42 Å². The number of rotatable bonds is 4. The molecule has 22 heavy (non-hydrogen) atoms. The zero-order valence-corrected chi connectivity index (χ0v) is 13.5. The minimum absolute atomic E-state index is 0.160. The van der Waals surface area contributed by atoms with Gasteiger partial charge in [0.2, 0.25) is 11.8 Å². The van der Waals surface area contributed by atoms with Gasteiger partial charge in [-0.05, 0) is 32.1 Å². The van der Waals surface area contributed by atoms with E-state index in [0.29, 0.717) is 6.04 Å². The highest BCUT2D eigenvalue weighted by Crippen LogP contribution is 2.43. The normalized spacial score (nSPS) is 33.1. The lowest BCUT2D eigenvalue weighted by Gasteiger charge is -2.44. The van der Waals surface area contributed by atoms with E-state index in [-0.39, 0.29) is 11.8 Å². The first-order valence-electron chi connectivity index (χ1n) is 8.39. The Bertz CT molecular complexity index is 443. The fourth-order valence-electron chi connectivity index (χ4n) is 4.33. The summed E-state index contributed by atoms with van der Waals surface area (Å²) in [6, 6.07) is 0.486. The zero-order valence-electron chi connectivity index (χ0n) is 13.5. The smallest absolute Gasteiger partial charge is 0.237 e. The van der Waals surface area contributed by atoms with E-state index in [9.17, 15) is 9.59 Å². The lowest BCUT2D eigenvalue weighted by Crippen LogP contribution is -2.60. The molecule has 6 nitrogen and oxygen atoms in total. The molecule has 0 spiro atoms. The SMILES string of the molecule is CC(=O)N1CCN(CCN2[C@@H]3C[CH]C[C@]2(C(N)=O)CC3)CC1. The summed E-state index contributed by atoms with van der Waals surface area (Å²) in [5.41, 5.74) is 5.31. The lowest BCUT2D eigenvalue weighted by atomic mass is 9.87. The van der Waals surface area contributed by atoms with Crippen LogP contribution in [0.2, 0.25) is 0 Å². The molecule has 3 rings (SSSR count). The maximum atomic E-state index is 12.0. The molecule has 0 aromatic carbocycles. The van der Waals surface area contributed by atoms with Gasteiger partial charge in [-0.3, -0.25) is 19.4 Å². The quantitative estimate of drug-likeness (QED) is 0.783. The van der Waals surface area contributed by atoms with Gasteiger partial charge in [0.1, 0.15) is 5.54 Å². The number of hydrogen-bond acceptors (Lipinski definition) is 4. The van der Waals surface area contributed by atoms with Crippen molar-refractivity contribution in [3.63, 3.8) is 0 Å². The molecule has 3 heterocycles.